The highest BCUT2D eigenvalue weighted by molar-refractivity contribution is 7.13. The fraction of sp³-hybridized carbons (Fsp3) is 0.286. The number of hydrogen-bond donors (Lipinski definition) is 1. The molecule has 0 radical (unpaired) electrons. The van der Waals surface area contributed by atoms with E-state index in [1.54, 1.807) is 18.1 Å². The van der Waals surface area contributed by atoms with Gasteiger partial charge >= 0.3 is 0 Å². The number of anilines is 1. The molecule has 0 saturated heterocycles. The Labute approximate surface area is 171 Å². The lowest BCUT2D eigenvalue weighted by Crippen LogP contribution is -2.48. The summed E-state index contributed by atoms with van der Waals surface area (Å²) in [5.41, 5.74) is 2.19. The van der Waals surface area contributed by atoms with E-state index in [9.17, 15) is 9.59 Å². The molecule has 2 amide bonds. The monoisotopic (exact) mass is 405 g/mol. The Balaban J connectivity index is 1.32. The van der Waals surface area contributed by atoms with Gasteiger partial charge < -0.3 is 5.32 Å². The van der Waals surface area contributed by atoms with Crippen molar-refractivity contribution in [2.45, 2.75) is 24.8 Å². The number of fused-ring (bicyclic) bond motifs is 3. The van der Waals surface area contributed by atoms with E-state index in [4.69, 9.17) is 0 Å². The lowest BCUT2D eigenvalue weighted by molar-refractivity contribution is -0.120. The third kappa shape index (κ3) is 3.29. The van der Waals surface area contributed by atoms with E-state index in [-0.39, 0.29) is 28.7 Å². The molecule has 8 heteroatoms. The van der Waals surface area contributed by atoms with Crippen molar-refractivity contribution >= 4 is 29.0 Å². The van der Waals surface area contributed by atoms with Crippen molar-refractivity contribution in [3.8, 4) is 0 Å². The van der Waals surface area contributed by atoms with Gasteiger partial charge in [-0.25, -0.2) is 4.98 Å². The van der Waals surface area contributed by atoms with Gasteiger partial charge in [-0.3, -0.25) is 14.5 Å². The average Bonchev–Trinajstić information content (AvgIpc) is 3.41. The number of rotatable bonds is 4. The first-order valence-corrected chi connectivity index (χ1v) is 10.3. The fourth-order valence-corrected chi connectivity index (χ4v) is 4.75. The van der Waals surface area contributed by atoms with Crippen molar-refractivity contribution in [2.24, 2.45) is 5.92 Å². The van der Waals surface area contributed by atoms with Crippen molar-refractivity contribution in [2.75, 3.05) is 11.9 Å². The van der Waals surface area contributed by atoms with Crippen LogP contribution in [-0.2, 0) is 11.2 Å². The summed E-state index contributed by atoms with van der Waals surface area (Å²) in [6.07, 6.45) is 3.19. The van der Waals surface area contributed by atoms with Crippen LogP contribution in [0.2, 0.25) is 0 Å². The highest BCUT2D eigenvalue weighted by Crippen LogP contribution is 2.53. The standard InChI is InChI=1S/C21H19N5O2S/c1-26-18-13(8-5-9-22-18)14-11-15(14)17(21(26)28)23-19(27)20-25-24-16(29-20)10-12-6-3-2-4-7-12/h2-9,14-15,17H,10-11H2,1H3,(H,23,27). The molecule has 0 spiro atoms. The zero-order valence-electron chi connectivity index (χ0n) is 15.8. The van der Waals surface area contributed by atoms with Crippen molar-refractivity contribution in [3.63, 3.8) is 0 Å². The number of carbonyl (C=O) groups excluding carboxylic acids is 2. The molecule has 1 aromatic carbocycles. The van der Waals surface area contributed by atoms with E-state index >= 15 is 0 Å². The van der Waals surface area contributed by atoms with Crippen LogP contribution in [0, 0.1) is 5.92 Å². The first kappa shape index (κ1) is 17.9. The van der Waals surface area contributed by atoms with Gasteiger partial charge in [0.1, 0.15) is 16.9 Å². The highest BCUT2D eigenvalue weighted by atomic mass is 32.1. The number of likely N-dealkylation sites (N-methyl/N-ethyl adjacent to an activating group) is 1. The average molecular weight is 405 g/mol. The number of hydrogen-bond acceptors (Lipinski definition) is 6. The van der Waals surface area contributed by atoms with Crippen LogP contribution in [0.5, 0.6) is 0 Å². The number of aromatic nitrogens is 3. The molecule has 5 rings (SSSR count). The number of amides is 2. The fourth-order valence-electron chi connectivity index (χ4n) is 3.97. The van der Waals surface area contributed by atoms with E-state index in [1.165, 1.54) is 11.3 Å². The summed E-state index contributed by atoms with van der Waals surface area (Å²) in [5, 5.41) is 12.1. The molecule has 29 heavy (non-hydrogen) atoms. The quantitative estimate of drug-likeness (QED) is 0.720. The predicted octanol–water partition coefficient (Wildman–Crippen LogP) is 2.40. The molecule has 1 aliphatic carbocycles. The summed E-state index contributed by atoms with van der Waals surface area (Å²) >= 11 is 1.26. The normalized spacial score (nSPS) is 22.4. The van der Waals surface area contributed by atoms with Gasteiger partial charge in [0.25, 0.3) is 11.8 Å². The Bertz CT molecular complexity index is 1080. The Hall–Kier alpha value is -3.13. The molecule has 146 valence electrons. The second-order valence-corrected chi connectivity index (χ2v) is 8.50. The predicted molar refractivity (Wildman–Crippen MR) is 109 cm³/mol. The van der Waals surface area contributed by atoms with E-state index in [0.29, 0.717) is 12.2 Å². The van der Waals surface area contributed by atoms with Gasteiger partial charge in [-0.05, 0) is 35.4 Å². The van der Waals surface area contributed by atoms with E-state index in [0.717, 1.165) is 22.6 Å². The van der Waals surface area contributed by atoms with Crippen LogP contribution in [0.3, 0.4) is 0 Å². The maximum absolute atomic E-state index is 13.0. The van der Waals surface area contributed by atoms with Crippen molar-refractivity contribution in [3.05, 3.63) is 69.8 Å². The molecule has 1 saturated carbocycles. The maximum Gasteiger partial charge on any atom is 0.282 e. The second kappa shape index (κ2) is 7.04. The maximum atomic E-state index is 13.0. The molecule has 1 aliphatic heterocycles. The van der Waals surface area contributed by atoms with E-state index in [1.807, 2.05) is 42.5 Å². The van der Waals surface area contributed by atoms with Crippen molar-refractivity contribution in [1.82, 2.24) is 20.5 Å². The van der Waals surface area contributed by atoms with Crippen LogP contribution in [0.15, 0.2) is 48.7 Å². The van der Waals surface area contributed by atoms with Crippen molar-refractivity contribution < 1.29 is 9.59 Å². The number of carbonyl (C=O) groups is 2. The number of nitrogens with one attached hydrogen (secondary N) is 1. The Morgan fingerprint density at radius 2 is 2.03 bits per heavy atom. The van der Waals surface area contributed by atoms with Crippen LogP contribution < -0.4 is 10.2 Å². The number of pyridine rings is 1. The smallest absolute Gasteiger partial charge is 0.282 e. The largest absolute Gasteiger partial charge is 0.338 e. The van der Waals surface area contributed by atoms with Crippen LogP contribution in [-0.4, -0.2) is 40.1 Å². The summed E-state index contributed by atoms with van der Waals surface area (Å²) in [5.74, 6) is 0.537. The molecular weight excluding hydrogens is 386 g/mol. The molecule has 3 aromatic rings. The minimum Gasteiger partial charge on any atom is -0.338 e. The Morgan fingerprint density at radius 3 is 2.86 bits per heavy atom. The third-order valence-electron chi connectivity index (χ3n) is 5.54. The zero-order valence-corrected chi connectivity index (χ0v) is 16.6. The van der Waals surface area contributed by atoms with Crippen LogP contribution >= 0.6 is 11.3 Å². The van der Waals surface area contributed by atoms with Gasteiger partial charge in [0.15, 0.2) is 0 Å². The SMILES string of the molecule is CN1C(=O)C(NC(=O)c2nnc(Cc3ccccc3)s2)C2CC2c2cccnc21. The Morgan fingerprint density at radius 1 is 1.21 bits per heavy atom. The van der Waals surface area contributed by atoms with Gasteiger partial charge in [-0.2, -0.15) is 0 Å². The minimum absolute atomic E-state index is 0.0936. The van der Waals surface area contributed by atoms with E-state index < -0.39 is 6.04 Å². The Kier molecular flexibility index (Phi) is 4.35. The zero-order chi connectivity index (χ0) is 20.0. The van der Waals surface area contributed by atoms with Crippen LogP contribution in [0.4, 0.5) is 5.82 Å². The molecule has 1 fully saturated rings. The first-order valence-electron chi connectivity index (χ1n) is 9.51. The highest BCUT2D eigenvalue weighted by Gasteiger charge is 2.52. The van der Waals surface area contributed by atoms with Gasteiger partial charge in [0.05, 0.1) is 0 Å². The molecule has 3 atom stereocenters. The number of benzene rings is 1. The summed E-state index contributed by atoms with van der Waals surface area (Å²) in [6.45, 7) is 0. The van der Waals surface area contributed by atoms with E-state index in [2.05, 4.69) is 20.5 Å². The molecule has 1 N–H and O–H groups in total. The summed E-state index contributed by atoms with van der Waals surface area (Å²) in [7, 11) is 1.71. The molecule has 0 bridgehead atoms. The molecule has 2 aliphatic rings. The lowest BCUT2D eigenvalue weighted by Gasteiger charge is -2.22. The van der Waals surface area contributed by atoms with Crippen LogP contribution in [0.1, 0.15) is 38.3 Å². The van der Waals surface area contributed by atoms with Crippen molar-refractivity contribution in [1.29, 1.82) is 0 Å². The summed E-state index contributed by atoms with van der Waals surface area (Å²) < 4.78 is 0. The molecule has 3 unspecified atom stereocenters. The first-order chi connectivity index (χ1) is 14.1. The topological polar surface area (TPSA) is 88.1 Å². The molecule has 3 heterocycles. The van der Waals surface area contributed by atoms with Gasteiger partial charge in [0.2, 0.25) is 5.01 Å². The summed E-state index contributed by atoms with van der Waals surface area (Å²) in [6, 6.07) is 13.3. The second-order valence-electron chi connectivity index (χ2n) is 7.43. The lowest BCUT2D eigenvalue weighted by atomic mass is 10.1. The molecular formula is C21H19N5O2S. The number of nitrogens with zero attached hydrogens (tertiary/aromatic N) is 4. The third-order valence-corrected chi connectivity index (χ3v) is 6.47. The van der Waals surface area contributed by atoms with Crippen LogP contribution in [0.25, 0.3) is 0 Å². The van der Waals surface area contributed by atoms with Gasteiger partial charge in [-0.1, -0.05) is 47.7 Å². The molecule has 7 nitrogen and oxygen atoms in total. The minimum atomic E-state index is -0.576. The van der Waals surface area contributed by atoms with Gasteiger partial charge in [-0.15, -0.1) is 10.2 Å². The molecule has 2 aromatic heterocycles. The van der Waals surface area contributed by atoms with Gasteiger partial charge in [0, 0.05) is 19.7 Å². The summed E-state index contributed by atoms with van der Waals surface area (Å²) in [4.78, 5) is 31.7.